The van der Waals surface area contributed by atoms with Gasteiger partial charge >= 0.3 is 0 Å². The normalized spacial score (nSPS) is 13.7. The lowest BCUT2D eigenvalue weighted by Crippen LogP contribution is -2.34. The largest absolute Gasteiger partial charge is 0.494 e. The van der Waals surface area contributed by atoms with Crippen molar-refractivity contribution < 1.29 is 18.7 Å². The molecule has 2 amide bonds. The van der Waals surface area contributed by atoms with Gasteiger partial charge in [-0.1, -0.05) is 49.4 Å². The van der Waals surface area contributed by atoms with E-state index in [1.807, 2.05) is 73.3 Å². The van der Waals surface area contributed by atoms with E-state index in [1.54, 1.807) is 18.4 Å². The average Bonchev–Trinajstić information content (AvgIpc) is 3.45. The number of carbonyl (C=O) groups excluding carboxylic acids is 2. The summed E-state index contributed by atoms with van der Waals surface area (Å²) in [4.78, 5) is 30.3. The Morgan fingerprint density at radius 3 is 2.30 bits per heavy atom. The molecule has 0 saturated carbocycles. The summed E-state index contributed by atoms with van der Waals surface area (Å²) in [7, 11) is 0. The van der Waals surface area contributed by atoms with Gasteiger partial charge in [0.25, 0.3) is 11.8 Å². The monoisotopic (exact) mass is 444 g/mol. The van der Waals surface area contributed by atoms with Crippen LogP contribution in [0.2, 0.25) is 0 Å². The lowest BCUT2D eigenvalue weighted by Gasteiger charge is -2.24. The molecule has 3 aromatic rings. The SMILES string of the molecule is CCCOc1ccc(C2=C(N(CC)Cc3ccccc3)C(=O)N(Cc3ccco3)C2=O)cc1. The molecule has 0 N–H and O–H groups in total. The molecule has 0 saturated heterocycles. The molecule has 0 fully saturated rings. The molecular weight excluding hydrogens is 416 g/mol. The van der Waals surface area contributed by atoms with Gasteiger partial charge in [0, 0.05) is 13.1 Å². The fraction of sp³-hybridized carbons (Fsp3) is 0.259. The molecule has 33 heavy (non-hydrogen) atoms. The highest BCUT2D eigenvalue weighted by atomic mass is 16.5. The third-order valence-electron chi connectivity index (χ3n) is 5.57. The van der Waals surface area contributed by atoms with Crippen molar-refractivity contribution in [3.05, 3.63) is 95.6 Å². The summed E-state index contributed by atoms with van der Waals surface area (Å²) in [5, 5.41) is 0. The van der Waals surface area contributed by atoms with Crippen molar-refractivity contribution in [2.24, 2.45) is 0 Å². The molecule has 0 aliphatic carbocycles. The lowest BCUT2D eigenvalue weighted by atomic mass is 10.0. The summed E-state index contributed by atoms with van der Waals surface area (Å²) < 4.78 is 11.1. The van der Waals surface area contributed by atoms with Gasteiger partial charge < -0.3 is 14.1 Å². The van der Waals surface area contributed by atoms with Gasteiger partial charge in [-0.3, -0.25) is 14.5 Å². The fourth-order valence-electron chi connectivity index (χ4n) is 3.91. The second kappa shape index (κ2) is 10.2. The van der Waals surface area contributed by atoms with Crippen LogP contribution in [-0.2, 0) is 22.7 Å². The number of carbonyl (C=O) groups is 2. The van der Waals surface area contributed by atoms with Gasteiger partial charge in [0.1, 0.15) is 17.2 Å². The minimum atomic E-state index is -0.319. The van der Waals surface area contributed by atoms with E-state index in [0.29, 0.717) is 42.3 Å². The highest BCUT2D eigenvalue weighted by Crippen LogP contribution is 2.34. The molecule has 170 valence electrons. The first kappa shape index (κ1) is 22.4. The van der Waals surface area contributed by atoms with Gasteiger partial charge in [-0.05, 0) is 48.7 Å². The first-order valence-electron chi connectivity index (χ1n) is 11.3. The quantitative estimate of drug-likeness (QED) is 0.418. The van der Waals surface area contributed by atoms with Crippen LogP contribution in [0.3, 0.4) is 0 Å². The van der Waals surface area contributed by atoms with E-state index in [9.17, 15) is 9.59 Å². The van der Waals surface area contributed by atoms with Crippen molar-refractivity contribution in [1.82, 2.24) is 9.80 Å². The minimum Gasteiger partial charge on any atom is -0.494 e. The average molecular weight is 445 g/mol. The number of hydrogen-bond donors (Lipinski definition) is 0. The Balaban J connectivity index is 1.72. The fourth-order valence-corrected chi connectivity index (χ4v) is 3.91. The van der Waals surface area contributed by atoms with Crippen LogP contribution in [0.4, 0.5) is 0 Å². The standard InChI is InChI=1S/C27H28N2O4/c1-3-16-32-22-14-12-21(13-15-22)24-25(28(4-2)18-20-9-6-5-7-10-20)27(31)29(26(24)30)19-23-11-8-17-33-23/h5-15,17H,3-4,16,18-19H2,1-2H3. The summed E-state index contributed by atoms with van der Waals surface area (Å²) in [6.45, 7) is 5.87. The first-order chi connectivity index (χ1) is 16.1. The van der Waals surface area contributed by atoms with Crippen LogP contribution in [0.1, 0.15) is 37.2 Å². The number of amides is 2. The molecule has 6 nitrogen and oxygen atoms in total. The molecule has 0 bridgehead atoms. The zero-order valence-corrected chi connectivity index (χ0v) is 19.0. The Morgan fingerprint density at radius 2 is 1.67 bits per heavy atom. The van der Waals surface area contributed by atoms with Gasteiger partial charge in [-0.25, -0.2) is 0 Å². The van der Waals surface area contributed by atoms with Crippen LogP contribution in [0.25, 0.3) is 5.57 Å². The topological polar surface area (TPSA) is 63.0 Å². The highest BCUT2D eigenvalue weighted by molar-refractivity contribution is 6.35. The number of hydrogen-bond acceptors (Lipinski definition) is 5. The molecule has 0 unspecified atom stereocenters. The van der Waals surface area contributed by atoms with E-state index in [-0.39, 0.29) is 18.4 Å². The van der Waals surface area contributed by atoms with Gasteiger partial charge in [0.2, 0.25) is 0 Å². The van der Waals surface area contributed by atoms with Crippen molar-refractivity contribution in [2.75, 3.05) is 13.2 Å². The molecule has 1 aromatic heterocycles. The molecule has 0 radical (unpaired) electrons. The van der Waals surface area contributed by atoms with Crippen molar-refractivity contribution in [2.45, 2.75) is 33.4 Å². The number of ether oxygens (including phenoxy) is 1. The van der Waals surface area contributed by atoms with E-state index in [0.717, 1.165) is 17.7 Å². The van der Waals surface area contributed by atoms with Crippen LogP contribution in [0, 0.1) is 0 Å². The summed E-state index contributed by atoms with van der Waals surface area (Å²) >= 11 is 0. The molecule has 2 heterocycles. The van der Waals surface area contributed by atoms with Crippen molar-refractivity contribution >= 4 is 17.4 Å². The molecular formula is C27H28N2O4. The second-order valence-electron chi connectivity index (χ2n) is 7.87. The smallest absolute Gasteiger partial charge is 0.278 e. The lowest BCUT2D eigenvalue weighted by molar-refractivity contribution is -0.138. The van der Waals surface area contributed by atoms with Crippen LogP contribution in [0.15, 0.2) is 83.1 Å². The summed E-state index contributed by atoms with van der Waals surface area (Å²) in [5.74, 6) is 0.672. The zero-order valence-electron chi connectivity index (χ0n) is 19.0. The highest BCUT2D eigenvalue weighted by Gasteiger charge is 2.41. The predicted octanol–water partition coefficient (Wildman–Crippen LogP) is 4.87. The zero-order chi connectivity index (χ0) is 23.2. The van der Waals surface area contributed by atoms with Crippen molar-refractivity contribution in [3.63, 3.8) is 0 Å². The predicted molar refractivity (Wildman–Crippen MR) is 126 cm³/mol. The van der Waals surface area contributed by atoms with E-state index < -0.39 is 0 Å². The van der Waals surface area contributed by atoms with Gasteiger partial charge in [0.05, 0.1) is 25.0 Å². The third-order valence-corrected chi connectivity index (χ3v) is 5.57. The molecule has 2 aromatic carbocycles. The molecule has 0 spiro atoms. The Morgan fingerprint density at radius 1 is 0.909 bits per heavy atom. The maximum atomic E-state index is 13.6. The van der Waals surface area contributed by atoms with Crippen LogP contribution < -0.4 is 4.74 Å². The summed E-state index contributed by atoms with van der Waals surface area (Å²) in [6, 6.07) is 20.8. The second-order valence-corrected chi connectivity index (χ2v) is 7.87. The third kappa shape index (κ3) is 4.85. The number of imide groups is 1. The molecule has 1 aliphatic heterocycles. The summed E-state index contributed by atoms with van der Waals surface area (Å²) in [6.07, 6.45) is 2.45. The maximum Gasteiger partial charge on any atom is 0.278 e. The maximum absolute atomic E-state index is 13.6. The molecule has 6 heteroatoms. The van der Waals surface area contributed by atoms with E-state index >= 15 is 0 Å². The minimum absolute atomic E-state index is 0.0955. The Labute approximate surface area is 194 Å². The first-order valence-corrected chi connectivity index (χ1v) is 11.3. The Hall–Kier alpha value is -3.80. The number of rotatable bonds is 10. The Bertz CT molecular complexity index is 1120. The van der Waals surface area contributed by atoms with Gasteiger partial charge in [-0.15, -0.1) is 0 Å². The van der Waals surface area contributed by atoms with E-state index in [1.165, 1.54) is 4.90 Å². The molecule has 1 aliphatic rings. The van der Waals surface area contributed by atoms with Crippen LogP contribution >= 0.6 is 0 Å². The number of nitrogens with zero attached hydrogens (tertiary/aromatic N) is 2. The van der Waals surface area contributed by atoms with E-state index in [2.05, 4.69) is 0 Å². The van der Waals surface area contributed by atoms with Crippen molar-refractivity contribution in [3.8, 4) is 5.75 Å². The van der Waals surface area contributed by atoms with E-state index in [4.69, 9.17) is 9.15 Å². The van der Waals surface area contributed by atoms with Crippen LogP contribution in [0.5, 0.6) is 5.75 Å². The molecule has 0 atom stereocenters. The van der Waals surface area contributed by atoms with Gasteiger partial charge in [0.15, 0.2) is 0 Å². The van der Waals surface area contributed by atoms with Crippen molar-refractivity contribution in [1.29, 1.82) is 0 Å². The van der Waals surface area contributed by atoms with Gasteiger partial charge in [-0.2, -0.15) is 0 Å². The molecule has 4 rings (SSSR count). The Kier molecular flexibility index (Phi) is 6.93. The summed E-state index contributed by atoms with van der Waals surface area (Å²) in [5.41, 5.74) is 2.59. The number of likely N-dealkylation sites (N-methyl/N-ethyl adjacent to an activating group) is 1. The van der Waals surface area contributed by atoms with Crippen LogP contribution in [-0.4, -0.2) is 34.8 Å². The number of benzene rings is 2. The number of furan rings is 1.